The van der Waals surface area contributed by atoms with Crippen molar-refractivity contribution in [3.8, 4) is 0 Å². The molecule has 0 spiro atoms. The second kappa shape index (κ2) is 7.49. The van der Waals surface area contributed by atoms with Crippen molar-refractivity contribution in [2.75, 3.05) is 6.61 Å². The molecular weight excluding hydrogens is 354 g/mol. The van der Waals surface area contributed by atoms with Crippen molar-refractivity contribution in [2.24, 2.45) is 5.16 Å². The standard InChI is InChI=1S/C17H29N3O5Si/c1-11-9-20(16(22)19-15(11)21)14-8-12(25-18-5)13(24-14)10-23-26(6,7)17(2,3)4/h9,12-14H,5,8,10H2,1-4,6-7H3,(H,19,21,22)/t12-,13+,14+/m0/s1. The lowest BCUT2D eigenvalue weighted by Crippen LogP contribution is -2.44. The number of hydrogen-bond donors (Lipinski definition) is 1. The number of ether oxygens (including phenoxy) is 1. The van der Waals surface area contributed by atoms with Crippen molar-refractivity contribution in [3.05, 3.63) is 32.6 Å². The van der Waals surface area contributed by atoms with E-state index in [4.69, 9.17) is 14.0 Å². The van der Waals surface area contributed by atoms with E-state index < -0.39 is 25.8 Å². The Morgan fingerprint density at radius 1 is 1.42 bits per heavy atom. The Morgan fingerprint density at radius 3 is 2.65 bits per heavy atom. The van der Waals surface area contributed by atoms with Crippen molar-refractivity contribution in [1.29, 1.82) is 0 Å². The summed E-state index contributed by atoms with van der Waals surface area (Å²) in [6.45, 7) is 16.2. The van der Waals surface area contributed by atoms with E-state index in [1.807, 2.05) is 0 Å². The number of H-pyrrole nitrogens is 1. The summed E-state index contributed by atoms with van der Waals surface area (Å²) in [5, 5.41) is 3.60. The summed E-state index contributed by atoms with van der Waals surface area (Å²) < 4.78 is 13.6. The van der Waals surface area contributed by atoms with Crippen LogP contribution in [0.2, 0.25) is 18.1 Å². The van der Waals surface area contributed by atoms with Crippen molar-refractivity contribution < 1.29 is 14.0 Å². The summed E-state index contributed by atoms with van der Waals surface area (Å²) in [6.07, 6.45) is 0.607. The molecule has 2 rings (SSSR count). The van der Waals surface area contributed by atoms with Crippen LogP contribution in [0.3, 0.4) is 0 Å². The van der Waals surface area contributed by atoms with Crippen LogP contribution in [0.4, 0.5) is 0 Å². The van der Waals surface area contributed by atoms with Crippen LogP contribution in [0.15, 0.2) is 20.9 Å². The maximum absolute atomic E-state index is 12.1. The molecule has 1 aromatic heterocycles. The molecule has 0 aliphatic carbocycles. The summed E-state index contributed by atoms with van der Waals surface area (Å²) in [7, 11) is -1.95. The van der Waals surface area contributed by atoms with Gasteiger partial charge in [-0.15, -0.1) is 5.16 Å². The topological polar surface area (TPSA) is 94.9 Å². The zero-order valence-electron chi connectivity index (χ0n) is 16.4. The molecule has 1 aliphatic rings. The molecule has 0 saturated carbocycles. The average molecular weight is 384 g/mol. The minimum absolute atomic E-state index is 0.0744. The summed E-state index contributed by atoms with van der Waals surface area (Å²) in [5.74, 6) is 0. The van der Waals surface area contributed by atoms with Gasteiger partial charge >= 0.3 is 5.69 Å². The van der Waals surface area contributed by atoms with Crippen LogP contribution < -0.4 is 11.2 Å². The first-order valence-electron chi connectivity index (χ1n) is 8.69. The Morgan fingerprint density at radius 2 is 2.08 bits per heavy atom. The lowest BCUT2D eigenvalue weighted by Gasteiger charge is -2.37. The van der Waals surface area contributed by atoms with Gasteiger partial charge in [0.05, 0.1) is 6.61 Å². The molecule has 1 N–H and O–H groups in total. The number of nitrogens with zero attached hydrogens (tertiary/aromatic N) is 2. The van der Waals surface area contributed by atoms with Gasteiger partial charge in [0, 0.05) is 24.9 Å². The molecular formula is C17H29N3O5Si. The highest BCUT2D eigenvalue weighted by molar-refractivity contribution is 6.74. The average Bonchev–Trinajstić information content (AvgIpc) is 2.91. The van der Waals surface area contributed by atoms with Gasteiger partial charge in [-0.3, -0.25) is 14.3 Å². The minimum Gasteiger partial charge on any atom is -0.414 e. The van der Waals surface area contributed by atoms with E-state index in [1.54, 1.807) is 6.92 Å². The van der Waals surface area contributed by atoms with Crippen LogP contribution in [-0.2, 0) is 14.0 Å². The molecule has 0 bridgehead atoms. The lowest BCUT2D eigenvalue weighted by molar-refractivity contribution is -0.0587. The summed E-state index contributed by atoms with van der Waals surface area (Å²) in [4.78, 5) is 31.3. The predicted octanol–water partition coefficient (Wildman–Crippen LogP) is 2.16. The second-order valence-electron chi connectivity index (χ2n) is 8.19. The number of oxime groups is 1. The maximum Gasteiger partial charge on any atom is 0.330 e. The van der Waals surface area contributed by atoms with E-state index in [0.29, 0.717) is 18.6 Å². The first-order chi connectivity index (χ1) is 12.0. The van der Waals surface area contributed by atoms with Gasteiger partial charge in [-0.25, -0.2) is 4.79 Å². The second-order valence-corrected chi connectivity index (χ2v) is 13.0. The van der Waals surface area contributed by atoms with Crippen LogP contribution in [0.1, 0.15) is 39.0 Å². The Labute approximate surface area is 154 Å². The lowest BCUT2D eigenvalue weighted by atomic mass is 10.2. The molecule has 146 valence electrons. The number of aryl methyl sites for hydroxylation is 1. The Bertz CT molecular complexity index is 765. The van der Waals surface area contributed by atoms with Crippen LogP contribution in [-0.4, -0.2) is 43.4 Å². The molecule has 26 heavy (non-hydrogen) atoms. The van der Waals surface area contributed by atoms with E-state index >= 15 is 0 Å². The largest absolute Gasteiger partial charge is 0.414 e. The highest BCUT2D eigenvalue weighted by atomic mass is 28.4. The third kappa shape index (κ3) is 4.33. The normalized spacial score (nSPS) is 23.8. The molecule has 1 saturated heterocycles. The van der Waals surface area contributed by atoms with Crippen molar-refractivity contribution in [2.45, 2.75) is 70.7 Å². The van der Waals surface area contributed by atoms with Gasteiger partial charge in [-0.1, -0.05) is 20.8 Å². The fourth-order valence-electron chi connectivity index (χ4n) is 2.53. The Kier molecular flexibility index (Phi) is 5.94. The van der Waals surface area contributed by atoms with E-state index in [9.17, 15) is 9.59 Å². The number of aromatic amines is 1. The number of rotatable bonds is 6. The van der Waals surface area contributed by atoms with Crippen LogP contribution >= 0.6 is 0 Å². The third-order valence-electron chi connectivity index (χ3n) is 5.26. The van der Waals surface area contributed by atoms with Crippen molar-refractivity contribution in [1.82, 2.24) is 9.55 Å². The molecule has 0 amide bonds. The van der Waals surface area contributed by atoms with Gasteiger partial charge in [0.15, 0.2) is 14.4 Å². The zero-order valence-corrected chi connectivity index (χ0v) is 17.4. The molecule has 2 heterocycles. The quantitative estimate of drug-likeness (QED) is 0.461. The fraction of sp³-hybridized carbons (Fsp3) is 0.706. The molecule has 0 unspecified atom stereocenters. The highest BCUT2D eigenvalue weighted by Crippen LogP contribution is 2.38. The summed E-state index contributed by atoms with van der Waals surface area (Å²) in [5.41, 5.74) is -0.474. The monoisotopic (exact) mass is 383 g/mol. The number of aromatic nitrogens is 2. The van der Waals surface area contributed by atoms with E-state index in [-0.39, 0.29) is 17.2 Å². The van der Waals surface area contributed by atoms with Gasteiger partial charge in [0.2, 0.25) is 0 Å². The minimum atomic E-state index is -1.95. The summed E-state index contributed by atoms with van der Waals surface area (Å²) in [6, 6.07) is 0. The molecule has 8 nitrogen and oxygen atoms in total. The number of hydrogen-bond acceptors (Lipinski definition) is 6. The molecule has 1 aromatic rings. The molecule has 3 atom stereocenters. The van der Waals surface area contributed by atoms with Gasteiger partial charge < -0.3 is 14.0 Å². The number of nitrogens with one attached hydrogen (secondary N) is 1. The first kappa shape index (κ1) is 20.6. The van der Waals surface area contributed by atoms with Gasteiger partial charge in [-0.05, 0) is 25.1 Å². The van der Waals surface area contributed by atoms with Gasteiger partial charge in [0.25, 0.3) is 5.56 Å². The third-order valence-corrected chi connectivity index (χ3v) is 9.76. The maximum atomic E-state index is 12.1. The van der Waals surface area contributed by atoms with Crippen LogP contribution in [0.5, 0.6) is 0 Å². The molecule has 1 fully saturated rings. The van der Waals surface area contributed by atoms with Crippen LogP contribution in [0, 0.1) is 6.92 Å². The molecule has 0 aromatic carbocycles. The Hall–Kier alpha value is -1.71. The fourth-order valence-corrected chi connectivity index (χ4v) is 3.55. The van der Waals surface area contributed by atoms with E-state index in [1.165, 1.54) is 10.8 Å². The van der Waals surface area contributed by atoms with E-state index in [2.05, 4.69) is 50.7 Å². The Balaban J connectivity index is 2.18. The zero-order chi connectivity index (χ0) is 19.7. The first-order valence-corrected chi connectivity index (χ1v) is 11.6. The van der Waals surface area contributed by atoms with Crippen molar-refractivity contribution in [3.63, 3.8) is 0 Å². The SMILES string of the molecule is C=NO[C@H]1C[C@H](n2cc(C)c(=O)[nH]c2=O)O[C@@H]1CO[Si](C)(C)C(C)(C)C. The summed E-state index contributed by atoms with van der Waals surface area (Å²) >= 11 is 0. The van der Waals surface area contributed by atoms with Gasteiger partial charge in [0.1, 0.15) is 12.3 Å². The van der Waals surface area contributed by atoms with Crippen molar-refractivity contribution >= 4 is 15.0 Å². The molecule has 0 radical (unpaired) electrons. The van der Waals surface area contributed by atoms with Gasteiger partial charge in [-0.2, -0.15) is 0 Å². The smallest absolute Gasteiger partial charge is 0.330 e. The highest BCUT2D eigenvalue weighted by Gasteiger charge is 2.42. The molecule has 9 heteroatoms. The van der Waals surface area contributed by atoms with E-state index in [0.717, 1.165) is 0 Å². The predicted molar refractivity (Wildman–Crippen MR) is 102 cm³/mol. The van der Waals surface area contributed by atoms with Crippen LogP contribution in [0.25, 0.3) is 0 Å². The molecule has 1 aliphatic heterocycles.